The van der Waals surface area contributed by atoms with Crippen LogP contribution >= 0.6 is 11.3 Å². The Kier molecular flexibility index (Phi) is 4.69. The standard InChI is InChI=1S/C19H18N6OS/c1-13-8-9-17(27-13)19(26)24-10-3-2-7-16(24)18-21-23-25(22-18)15-6-4-5-14(11-15)12-20/h4-6,8-9,11,16H,2-3,7,10H2,1H3. The van der Waals surface area contributed by atoms with Crippen LogP contribution in [0.25, 0.3) is 5.69 Å². The van der Waals surface area contributed by atoms with Crippen LogP contribution in [0.3, 0.4) is 0 Å². The molecule has 3 aromatic rings. The van der Waals surface area contributed by atoms with Crippen LogP contribution in [0.2, 0.25) is 0 Å². The van der Waals surface area contributed by atoms with E-state index < -0.39 is 0 Å². The van der Waals surface area contributed by atoms with Crippen LogP contribution in [-0.2, 0) is 0 Å². The van der Waals surface area contributed by atoms with Crippen molar-refractivity contribution in [2.24, 2.45) is 0 Å². The zero-order valence-corrected chi connectivity index (χ0v) is 15.7. The normalized spacial score (nSPS) is 16.9. The van der Waals surface area contributed by atoms with Gasteiger partial charge in [0, 0.05) is 11.4 Å². The minimum atomic E-state index is -0.179. The van der Waals surface area contributed by atoms with Gasteiger partial charge < -0.3 is 4.90 Å². The van der Waals surface area contributed by atoms with Gasteiger partial charge in [-0.2, -0.15) is 5.26 Å². The number of likely N-dealkylation sites (tertiary alicyclic amines) is 1. The molecule has 1 atom stereocenters. The van der Waals surface area contributed by atoms with Crippen molar-refractivity contribution in [2.45, 2.75) is 32.2 Å². The highest BCUT2D eigenvalue weighted by atomic mass is 32.1. The third kappa shape index (κ3) is 3.46. The molecule has 3 heterocycles. The smallest absolute Gasteiger partial charge is 0.264 e. The quantitative estimate of drug-likeness (QED) is 0.698. The van der Waals surface area contributed by atoms with Gasteiger partial charge in [0.1, 0.15) is 0 Å². The summed E-state index contributed by atoms with van der Waals surface area (Å²) in [5, 5.41) is 21.9. The number of tetrazole rings is 1. The van der Waals surface area contributed by atoms with Gasteiger partial charge in [0.25, 0.3) is 5.91 Å². The summed E-state index contributed by atoms with van der Waals surface area (Å²) < 4.78 is 0. The Labute approximate surface area is 160 Å². The van der Waals surface area contributed by atoms with Crippen molar-refractivity contribution < 1.29 is 4.79 Å². The van der Waals surface area contributed by atoms with E-state index in [9.17, 15) is 4.79 Å². The van der Waals surface area contributed by atoms with E-state index in [1.165, 1.54) is 16.1 Å². The maximum atomic E-state index is 13.0. The van der Waals surface area contributed by atoms with Gasteiger partial charge >= 0.3 is 0 Å². The number of nitriles is 1. The van der Waals surface area contributed by atoms with Crippen LogP contribution < -0.4 is 0 Å². The van der Waals surface area contributed by atoms with E-state index in [2.05, 4.69) is 21.5 Å². The fraction of sp³-hybridized carbons (Fsp3) is 0.316. The van der Waals surface area contributed by atoms with E-state index in [0.717, 1.165) is 29.0 Å². The highest BCUT2D eigenvalue weighted by Gasteiger charge is 2.32. The lowest BCUT2D eigenvalue weighted by molar-refractivity contribution is 0.0605. The van der Waals surface area contributed by atoms with Crippen LogP contribution in [0.4, 0.5) is 0 Å². The number of aryl methyl sites for hydroxylation is 1. The van der Waals surface area contributed by atoms with Crippen molar-refractivity contribution in [3.63, 3.8) is 0 Å². The lowest BCUT2D eigenvalue weighted by Crippen LogP contribution is -2.38. The molecule has 0 aliphatic carbocycles. The maximum absolute atomic E-state index is 13.0. The second kappa shape index (κ2) is 7.29. The first-order valence-electron chi connectivity index (χ1n) is 8.83. The third-order valence-corrected chi connectivity index (χ3v) is 5.64. The van der Waals surface area contributed by atoms with E-state index in [0.29, 0.717) is 23.6 Å². The Bertz CT molecular complexity index is 1020. The molecule has 1 unspecified atom stereocenters. The van der Waals surface area contributed by atoms with Gasteiger partial charge in [-0.3, -0.25) is 4.79 Å². The van der Waals surface area contributed by atoms with Gasteiger partial charge in [-0.05, 0) is 61.7 Å². The number of benzene rings is 1. The number of carbonyl (C=O) groups excluding carboxylic acids is 1. The van der Waals surface area contributed by atoms with E-state index in [1.807, 2.05) is 30.0 Å². The first-order chi connectivity index (χ1) is 13.2. The van der Waals surface area contributed by atoms with Gasteiger partial charge in [0.15, 0.2) is 5.82 Å². The van der Waals surface area contributed by atoms with Gasteiger partial charge in [0.05, 0.1) is 28.2 Å². The van der Waals surface area contributed by atoms with Gasteiger partial charge in [-0.25, -0.2) is 0 Å². The average molecular weight is 378 g/mol. The summed E-state index contributed by atoms with van der Waals surface area (Å²) in [5.41, 5.74) is 1.21. The van der Waals surface area contributed by atoms with Crippen molar-refractivity contribution in [1.82, 2.24) is 25.1 Å². The van der Waals surface area contributed by atoms with Crippen molar-refractivity contribution >= 4 is 17.2 Å². The zero-order chi connectivity index (χ0) is 18.8. The van der Waals surface area contributed by atoms with Gasteiger partial charge in [-0.1, -0.05) is 6.07 Å². The number of rotatable bonds is 3. The van der Waals surface area contributed by atoms with Crippen LogP contribution in [-0.4, -0.2) is 37.6 Å². The minimum Gasteiger partial charge on any atom is -0.328 e. The van der Waals surface area contributed by atoms with Crippen LogP contribution in [0.5, 0.6) is 0 Å². The second-order valence-electron chi connectivity index (χ2n) is 6.52. The molecule has 7 nitrogen and oxygen atoms in total. The number of hydrogen-bond donors (Lipinski definition) is 0. The lowest BCUT2D eigenvalue weighted by atomic mass is 10.0. The fourth-order valence-corrected chi connectivity index (χ4v) is 4.13. The average Bonchev–Trinajstić information content (AvgIpc) is 3.37. The predicted molar refractivity (Wildman–Crippen MR) is 101 cm³/mol. The molecule has 136 valence electrons. The molecular weight excluding hydrogens is 360 g/mol. The number of nitrogens with zero attached hydrogens (tertiary/aromatic N) is 6. The highest BCUT2D eigenvalue weighted by molar-refractivity contribution is 7.13. The molecular formula is C19H18N6OS. The van der Waals surface area contributed by atoms with Crippen molar-refractivity contribution in [2.75, 3.05) is 6.54 Å². The minimum absolute atomic E-state index is 0.0284. The lowest BCUT2D eigenvalue weighted by Gasteiger charge is -2.33. The van der Waals surface area contributed by atoms with Gasteiger partial charge in [-0.15, -0.1) is 26.3 Å². The Balaban J connectivity index is 1.62. The Morgan fingerprint density at radius 1 is 1.30 bits per heavy atom. The van der Waals surface area contributed by atoms with E-state index in [4.69, 9.17) is 5.26 Å². The monoisotopic (exact) mass is 378 g/mol. The van der Waals surface area contributed by atoms with Crippen molar-refractivity contribution in [3.8, 4) is 11.8 Å². The van der Waals surface area contributed by atoms with Crippen LogP contribution in [0, 0.1) is 18.3 Å². The molecule has 1 fully saturated rings. The van der Waals surface area contributed by atoms with E-state index >= 15 is 0 Å². The molecule has 1 aromatic carbocycles. The van der Waals surface area contributed by atoms with Crippen LogP contribution in [0.15, 0.2) is 36.4 Å². The molecule has 4 rings (SSSR count). The highest BCUT2D eigenvalue weighted by Crippen LogP contribution is 2.31. The van der Waals surface area contributed by atoms with Crippen molar-refractivity contribution in [3.05, 3.63) is 57.5 Å². The fourth-order valence-electron chi connectivity index (χ4n) is 3.30. The predicted octanol–water partition coefficient (Wildman–Crippen LogP) is 3.27. The maximum Gasteiger partial charge on any atom is 0.264 e. The third-order valence-electron chi connectivity index (χ3n) is 4.65. The number of amides is 1. The summed E-state index contributed by atoms with van der Waals surface area (Å²) in [4.78, 5) is 18.1. The first-order valence-corrected chi connectivity index (χ1v) is 9.65. The molecule has 8 heteroatoms. The number of aromatic nitrogens is 4. The summed E-state index contributed by atoms with van der Waals surface area (Å²) in [5.74, 6) is 0.569. The molecule has 1 aliphatic heterocycles. The summed E-state index contributed by atoms with van der Waals surface area (Å²) in [6.45, 7) is 2.69. The number of piperidine rings is 1. The molecule has 27 heavy (non-hydrogen) atoms. The second-order valence-corrected chi connectivity index (χ2v) is 7.81. The summed E-state index contributed by atoms with van der Waals surface area (Å²) in [6.07, 6.45) is 2.82. The van der Waals surface area contributed by atoms with Crippen LogP contribution in [0.1, 0.15) is 51.2 Å². The summed E-state index contributed by atoms with van der Waals surface area (Å²) >= 11 is 1.51. The number of hydrogen-bond acceptors (Lipinski definition) is 6. The Morgan fingerprint density at radius 3 is 2.96 bits per heavy atom. The summed E-state index contributed by atoms with van der Waals surface area (Å²) in [6, 6.07) is 12.8. The molecule has 1 aliphatic rings. The Morgan fingerprint density at radius 2 is 2.19 bits per heavy atom. The first kappa shape index (κ1) is 17.4. The van der Waals surface area contributed by atoms with E-state index in [-0.39, 0.29) is 11.9 Å². The largest absolute Gasteiger partial charge is 0.328 e. The molecule has 0 radical (unpaired) electrons. The zero-order valence-electron chi connectivity index (χ0n) is 14.9. The van der Waals surface area contributed by atoms with E-state index in [1.54, 1.807) is 18.2 Å². The SMILES string of the molecule is Cc1ccc(C(=O)N2CCCCC2c2nnn(-c3cccc(C#N)c3)n2)s1. The number of carbonyl (C=O) groups is 1. The molecule has 0 N–H and O–H groups in total. The van der Waals surface area contributed by atoms with Gasteiger partial charge in [0.2, 0.25) is 0 Å². The topological polar surface area (TPSA) is 87.7 Å². The Hall–Kier alpha value is -3.05. The molecule has 0 bridgehead atoms. The molecule has 0 spiro atoms. The number of thiophene rings is 1. The molecule has 2 aromatic heterocycles. The molecule has 1 saturated heterocycles. The molecule has 0 saturated carbocycles. The van der Waals surface area contributed by atoms with Crippen molar-refractivity contribution in [1.29, 1.82) is 5.26 Å². The summed E-state index contributed by atoms with van der Waals surface area (Å²) in [7, 11) is 0. The molecule has 1 amide bonds.